The molecule has 2 heterocycles. The van der Waals surface area contributed by atoms with Crippen molar-refractivity contribution in [2.24, 2.45) is 0 Å². The smallest absolute Gasteiger partial charge is 0.437 e. The van der Waals surface area contributed by atoms with Crippen LogP contribution >= 0.6 is 0 Å². The Kier molecular flexibility index (Phi) is 8.88. The number of halogens is 1. The molecule has 5 rings (SSSR count). The van der Waals surface area contributed by atoms with Crippen LogP contribution in [0.3, 0.4) is 0 Å². The van der Waals surface area contributed by atoms with E-state index in [1.54, 1.807) is 12.1 Å². The van der Waals surface area contributed by atoms with Gasteiger partial charge in [-0.3, -0.25) is 9.88 Å². The molecule has 1 fully saturated rings. The van der Waals surface area contributed by atoms with E-state index in [0.717, 1.165) is 60.3 Å². The number of hydrogen-bond donors (Lipinski definition) is 0. The van der Waals surface area contributed by atoms with Gasteiger partial charge < -0.3 is 13.9 Å². The normalized spacial score (nSPS) is 18.1. The minimum absolute atomic E-state index is 0.0204. The lowest BCUT2D eigenvalue weighted by Crippen LogP contribution is -2.46. The van der Waals surface area contributed by atoms with Crippen LogP contribution < -0.4 is 4.74 Å². The number of carbonyl (C=O) groups is 1. The van der Waals surface area contributed by atoms with E-state index in [4.69, 9.17) is 18.9 Å². The molecule has 1 unspecified atom stereocenters. The lowest BCUT2D eigenvalue weighted by Gasteiger charge is -2.43. The van der Waals surface area contributed by atoms with E-state index in [1.807, 2.05) is 6.07 Å². The zero-order chi connectivity index (χ0) is 30.1. The molecule has 0 saturated heterocycles. The van der Waals surface area contributed by atoms with Crippen LogP contribution in [0.1, 0.15) is 81.0 Å². The fourth-order valence-electron chi connectivity index (χ4n) is 5.92. The monoisotopic (exact) mass is 590 g/mol. The summed E-state index contributed by atoms with van der Waals surface area (Å²) in [7, 11) is -0.946. The van der Waals surface area contributed by atoms with E-state index >= 15 is 0 Å². The van der Waals surface area contributed by atoms with Crippen molar-refractivity contribution in [1.82, 2.24) is 9.88 Å². The molecule has 2 aromatic carbocycles. The summed E-state index contributed by atoms with van der Waals surface area (Å²) in [6.45, 7) is 13.3. The van der Waals surface area contributed by atoms with Crippen LogP contribution in [0.5, 0.6) is 5.75 Å². The van der Waals surface area contributed by atoms with Crippen LogP contribution in [0.2, 0.25) is 18.1 Å². The first kappa shape index (κ1) is 30.4. The van der Waals surface area contributed by atoms with Crippen LogP contribution in [-0.4, -0.2) is 38.0 Å². The fourth-order valence-corrected chi connectivity index (χ4v) is 7.18. The second kappa shape index (κ2) is 12.3. The Hall–Kier alpha value is -3.07. The van der Waals surface area contributed by atoms with Gasteiger partial charge in [0.15, 0.2) is 14.1 Å². The second-order valence-electron chi connectivity index (χ2n) is 13.1. The van der Waals surface area contributed by atoms with Gasteiger partial charge in [0.1, 0.15) is 5.82 Å². The SMILES string of the molecule is COC(=O)Oc1c(C2CCCC2)nc2c(c1-c1ccc(F)cc1)C(O[Si](C)(C)C(C)(C)C)CN(Cc1ccccc1)C2. The maximum absolute atomic E-state index is 14.2. The molecule has 1 saturated carbocycles. The van der Waals surface area contributed by atoms with Crippen molar-refractivity contribution < 1.29 is 23.1 Å². The number of pyridine rings is 1. The predicted octanol–water partition coefficient (Wildman–Crippen LogP) is 8.77. The number of rotatable bonds is 7. The molecule has 2 aliphatic rings. The number of aromatic nitrogens is 1. The van der Waals surface area contributed by atoms with Crippen molar-refractivity contribution in [1.29, 1.82) is 0 Å². The summed E-state index contributed by atoms with van der Waals surface area (Å²) in [6.07, 6.45) is 3.05. The number of methoxy groups -OCH3 is 1. The molecule has 3 aromatic rings. The topological polar surface area (TPSA) is 60.9 Å². The minimum Gasteiger partial charge on any atom is -0.437 e. The lowest BCUT2D eigenvalue weighted by molar-refractivity contribution is 0.0926. The van der Waals surface area contributed by atoms with Gasteiger partial charge in [0.25, 0.3) is 0 Å². The third-order valence-electron chi connectivity index (χ3n) is 9.13. The van der Waals surface area contributed by atoms with Crippen LogP contribution in [0.25, 0.3) is 11.1 Å². The van der Waals surface area contributed by atoms with Crippen LogP contribution in [0, 0.1) is 5.82 Å². The average molecular weight is 591 g/mol. The molecule has 0 N–H and O–H groups in total. The largest absolute Gasteiger partial charge is 0.513 e. The van der Waals surface area contributed by atoms with Crippen molar-refractivity contribution >= 4 is 14.5 Å². The van der Waals surface area contributed by atoms with Crippen LogP contribution in [0.4, 0.5) is 9.18 Å². The molecule has 0 amide bonds. The van der Waals surface area contributed by atoms with Gasteiger partial charge in [-0.15, -0.1) is 0 Å². The van der Waals surface area contributed by atoms with Crippen molar-refractivity contribution in [2.45, 2.75) is 89.7 Å². The van der Waals surface area contributed by atoms with Gasteiger partial charge in [0, 0.05) is 36.7 Å². The molecule has 6 nitrogen and oxygen atoms in total. The van der Waals surface area contributed by atoms with Crippen molar-refractivity contribution in [2.75, 3.05) is 13.7 Å². The number of fused-ring (bicyclic) bond motifs is 1. The van der Waals surface area contributed by atoms with Crippen molar-refractivity contribution in [3.63, 3.8) is 0 Å². The van der Waals surface area contributed by atoms with E-state index in [-0.39, 0.29) is 22.9 Å². The van der Waals surface area contributed by atoms with Gasteiger partial charge in [-0.05, 0) is 54.2 Å². The quantitative estimate of drug-likeness (QED) is 0.202. The van der Waals surface area contributed by atoms with Crippen LogP contribution in [0.15, 0.2) is 54.6 Å². The van der Waals surface area contributed by atoms with E-state index in [2.05, 4.69) is 63.0 Å². The molecular formula is C34H43FN2O4Si. The first-order valence-corrected chi connectivity index (χ1v) is 17.9. The summed E-state index contributed by atoms with van der Waals surface area (Å²) < 4.78 is 32.3. The highest BCUT2D eigenvalue weighted by Gasteiger charge is 2.43. The molecule has 1 aromatic heterocycles. The van der Waals surface area contributed by atoms with Gasteiger partial charge in [0.2, 0.25) is 0 Å². The van der Waals surface area contributed by atoms with E-state index in [0.29, 0.717) is 18.8 Å². The first-order valence-electron chi connectivity index (χ1n) is 15.0. The van der Waals surface area contributed by atoms with Crippen molar-refractivity contribution in [3.8, 4) is 16.9 Å². The van der Waals surface area contributed by atoms with Gasteiger partial charge in [-0.25, -0.2) is 9.18 Å². The third-order valence-corrected chi connectivity index (χ3v) is 13.6. The summed E-state index contributed by atoms with van der Waals surface area (Å²) in [5.41, 5.74) is 5.40. The average Bonchev–Trinajstić information content (AvgIpc) is 3.48. The fraction of sp³-hybridized carbons (Fsp3) is 0.471. The predicted molar refractivity (Wildman–Crippen MR) is 165 cm³/mol. The van der Waals surface area contributed by atoms with Crippen LogP contribution in [-0.2, 0) is 22.3 Å². The third kappa shape index (κ3) is 6.46. The van der Waals surface area contributed by atoms with Gasteiger partial charge in [-0.2, -0.15) is 0 Å². The standard InChI is InChI=1S/C34H43FN2O4Si/c1-34(2,3)42(5,6)41-28-22-37(20-23-12-8-7-9-13-23)21-27-30(28)29(24-16-18-26(35)19-17-24)32(40-33(38)39-4)31(36-27)25-14-10-11-15-25/h7-9,12-13,16-19,25,28H,10-11,14-15,20-22H2,1-6H3. The maximum atomic E-state index is 14.2. The summed E-state index contributed by atoms with van der Waals surface area (Å²) >= 11 is 0. The molecule has 0 radical (unpaired) electrons. The number of ether oxygens (including phenoxy) is 2. The molecular weight excluding hydrogens is 547 g/mol. The molecule has 1 atom stereocenters. The number of benzene rings is 2. The zero-order valence-corrected chi connectivity index (χ0v) is 26.7. The Labute approximate surface area is 250 Å². The minimum atomic E-state index is -2.26. The highest BCUT2D eigenvalue weighted by Crippen LogP contribution is 2.50. The highest BCUT2D eigenvalue weighted by atomic mass is 28.4. The van der Waals surface area contributed by atoms with E-state index < -0.39 is 14.5 Å². The molecule has 1 aliphatic carbocycles. The lowest BCUT2D eigenvalue weighted by atomic mass is 9.88. The maximum Gasteiger partial charge on any atom is 0.513 e. The molecule has 8 heteroatoms. The summed E-state index contributed by atoms with van der Waals surface area (Å²) in [6, 6.07) is 16.9. The molecule has 1 aliphatic heterocycles. The Morgan fingerprint density at radius 1 is 1.05 bits per heavy atom. The Morgan fingerprint density at radius 2 is 1.71 bits per heavy atom. The zero-order valence-electron chi connectivity index (χ0n) is 25.7. The van der Waals surface area contributed by atoms with Gasteiger partial charge in [-0.1, -0.05) is 76.1 Å². The second-order valence-corrected chi connectivity index (χ2v) is 17.9. The molecule has 0 spiro atoms. The molecule has 42 heavy (non-hydrogen) atoms. The first-order chi connectivity index (χ1) is 20.0. The number of nitrogens with zero attached hydrogens (tertiary/aromatic N) is 2. The summed E-state index contributed by atoms with van der Waals surface area (Å²) in [5.74, 6) is 0.258. The van der Waals surface area contributed by atoms with Gasteiger partial charge in [0.05, 0.1) is 24.6 Å². The Bertz CT molecular complexity index is 1400. The van der Waals surface area contributed by atoms with E-state index in [1.165, 1.54) is 24.8 Å². The molecule has 224 valence electrons. The van der Waals surface area contributed by atoms with Crippen molar-refractivity contribution in [3.05, 3.63) is 82.9 Å². The highest BCUT2D eigenvalue weighted by molar-refractivity contribution is 6.74. The summed E-state index contributed by atoms with van der Waals surface area (Å²) in [4.78, 5) is 20.4. The summed E-state index contributed by atoms with van der Waals surface area (Å²) in [5, 5.41) is -0.0204. The Morgan fingerprint density at radius 3 is 2.33 bits per heavy atom. The van der Waals surface area contributed by atoms with E-state index in [9.17, 15) is 9.18 Å². The molecule has 0 bridgehead atoms. The van der Waals surface area contributed by atoms with Gasteiger partial charge >= 0.3 is 6.16 Å². The Balaban J connectivity index is 1.74. The number of carbonyl (C=O) groups excluding carboxylic acids is 1. The number of hydrogen-bond acceptors (Lipinski definition) is 6.